The molecule has 1 aromatic carbocycles. The van der Waals surface area contributed by atoms with Gasteiger partial charge in [-0.05, 0) is 38.0 Å². The predicted octanol–water partition coefficient (Wildman–Crippen LogP) is 3.29. The molecule has 3 N–H and O–H groups in total. The fraction of sp³-hybridized carbons (Fsp3) is 0.300. The second-order valence-electron chi connectivity index (χ2n) is 6.79. The lowest BCUT2D eigenvalue weighted by molar-refractivity contribution is -0.384. The van der Waals surface area contributed by atoms with E-state index in [0.717, 1.165) is 36.1 Å². The van der Waals surface area contributed by atoms with E-state index in [0.29, 0.717) is 18.2 Å². The minimum Gasteiger partial charge on any atom is -0.478 e. The van der Waals surface area contributed by atoms with E-state index in [4.69, 9.17) is 10.2 Å². The van der Waals surface area contributed by atoms with Gasteiger partial charge in [0.25, 0.3) is 5.69 Å². The van der Waals surface area contributed by atoms with Crippen LogP contribution in [0.15, 0.2) is 42.5 Å². The summed E-state index contributed by atoms with van der Waals surface area (Å²) in [7, 11) is 0. The van der Waals surface area contributed by atoms with Crippen LogP contribution in [0.5, 0.6) is 0 Å². The molecular formula is C20H23N3O6. The van der Waals surface area contributed by atoms with E-state index in [1.54, 1.807) is 18.2 Å². The Kier molecular flexibility index (Phi) is 7.27. The molecule has 0 fully saturated rings. The average molecular weight is 401 g/mol. The number of nitro benzene ring substituents is 1. The van der Waals surface area contributed by atoms with Crippen molar-refractivity contribution in [3.8, 4) is 0 Å². The van der Waals surface area contributed by atoms with Gasteiger partial charge in [-0.1, -0.05) is 6.08 Å². The van der Waals surface area contributed by atoms with Crippen molar-refractivity contribution in [2.45, 2.75) is 26.3 Å². The van der Waals surface area contributed by atoms with E-state index >= 15 is 0 Å². The first-order valence-electron chi connectivity index (χ1n) is 9.02. The van der Waals surface area contributed by atoms with Crippen LogP contribution in [-0.4, -0.2) is 56.1 Å². The second kappa shape index (κ2) is 9.65. The van der Waals surface area contributed by atoms with Gasteiger partial charge in [-0.25, -0.2) is 9.59 Å². The number of aliphatic carboxylic acids is 2. The number of benzene rings is 1. The summed E-state index contributed by atoms with van der Waals surface area (Å²) in [5.74, 6) is -2.51. The number of non-ortho nitro benzene ring substituents is 1. The number of H-pyrrole nitrogens is 1. The number of aromatic nitrogens is 1. The number of rotatable bonds is 5. The molecule has 0 saturated carbocycles. The van der Waals surface area contributed by atoms with Crippen molar-refractivity contribution in [3.05, 3.63) is 58.3 Å². The first-order chi connectivity index (χ1) is 13.7. The summed E-state index contributed by atoms with van der Waals surface area (Å²) in [6, 6.07) is 7.60. The molecule has 0 saturated heterocycles. The van der Waals surface area contributed by atoms with Crippen molar-refractivity contribution in [1.29, 1.82) is 0 Å². The summed E-state index contributed by atoms with van der Waals surface area (Å²) in [6.45, 7) is 6.43. The van der Waals surface area contributed by atoms with Crippen LogP contribution in [-0.2, 0) is 9.59 Å². The molecule has 0 atom stereocenters. The number of carbonyl (C=O) groups is 2. The van der Waals surface area contributed by atoms with Gasteiger partial charge in [0, 0.05) is 54.5 Å². The van der Waals surface area contributed by atoms with Crippen molar-refractivity contribution < 1.29 is 24.7 Å². The Bertz CT molecular complexity index is 958. The van der Waals surface area contributed by atoms with Crippen LogP contribution in [0.3, 0.4) is 0 Å². The minimum atomic E-state index is -1.26. The molecule has 2 heterocycles. The molecule has 1 aromatic heterocycles. The van der Waals surface area contributed by atoms with Crippen molar-refractivity contribution in [1.82, 2.24) is 9.88 Å². The van der Waals surface area contributed by atoms with Crippen LogP contribution in [0.2, 0.25) is 0 Å². The fourth-order valence-electron chi connectivity index (χ4n) is 2.94. The Morgan fingerprint density at radius 3 is 2.34 bits per heavy atom. The van der Waals surface area contributed by atoms with Gasteiger partial charge in [-0.2, -0.15) is 0 Å². The second-order valence-corrected chi connectivity index (χ2v) is 6.79. The maximum Gasteiger partial charge on any atom is 0.328 e. The molecule has 1 aliphatic rings. The van der Waals surface area contributed by atoms with Crippen molar-refractivity contribution in [3.63, 3.8) is 0 Å². The fourth-order valence-corrected chi connectivity index (χ4v) is 2.94. The topological polar surface area (TPSA) is 137 Å². The van der Waals surface area contributed by atoms with Crippen molar-refractivity contribution in [2.75, 3.05) is 13.1 Å². The number of carboxylic acid groups (broad SMARTS) is 2. The highest BCUT2D eigenvalue weighted by Crippen LogP contribution is 2.28. The van der Waals surface area contributed by atoms with E-state index in [1.165, 1.54) is 5.57 Å². The zero-order chi connectivity index (χ0) is 21.6. The summed E-state index contributed by atoms with van der Waals surface area (Å²) >= 11 is 0. The highest BCUT2D eigenvalue weighted by atomic mass is 16.6. The number of nitro groups is 1. The summed E-state index contributed by atoms with van der Waals surface area (Å²) in [5.41, 5.74) is 3.32. The zero-order valence-electron chi connectivity index (χ0n) is 16.2. The Balaban J connectivity index is 0.000000321. The van der Waals surface area contributed by atoms with Gasteiger partial charge in [-0.15, -0.1) is 0 Å². The maximum atomic E-state index is 10.8. The first kappa shape index (κ1) is 21.8. The molecule has 154 valence electrons. The Labute approximate surface area is 167 Å². The molecule has 0 amide bonds. The Morgan fingerprint density at radius 2 is 1.86 bits per heavy atom. The minimum absolute atomic E-state index is 0.125. The normalized spacial score (nSPS) is 14.5. The van der Waals surface area contributed by atoms with Crippen molar-refractivity contribution in [2.24, 2.45) is 0 Å². The van der Waals surface area contributed by atoms with Gasteiger partial charge in [0.1, 0.15) is 0 Å². The summed E-state index contributed by atoms with van der Waals surface area (Å²) in [4.78, 5) is 35.3. The zero-order valence-corrected chi connectivity index (χ0v) is 16.2. The van der Waals surface area contributed by atoms with Gasteiger partial charge < -0.3 is 15.2 Å². The Hall–Kier alpha value is -3.46. The molecule has 3 rings (SSSR count). The van der Waals surface area contributed by atoms with Gasteiger partial charge >= 0.3 is 11.9 Å². The maximum absolute atomic E-state index is 10.8. The monoisotopic (exact) mass is 401 g/mol. The number of nitrogens with one attached hydrogen (secondary N) is 1. The lowest BCUT2D eigenvalue weighted by Crippen LogP contribution is -2.34. The third-order valence-corrected chi connectivity index (χ3v) is 4.50. The lowest BCUT2D eigenvalue weighted by Gasteiger charge is -2.29. The molecule has 0 spiro atoms. The largest absolute Gasteiger partial charge is 0.478 e. The standard InChI is InChI=1S/C16H19N3O2.C4H4O4/c1-11(2)18-7-5-12(6-8-18)15-9-13-3-4-14(19(20)21)10-16(13)17-15;5-3(6)1-2-4(7)8/h3-5,9-11,17H,6-8H2,1-2H3;1-2H,(H,5,6)(H,7,8). The van der Waals surface area contributed by atoms with Crippen LogP contribution >= 0.6 is 0 Å². The molecule has 0 bridgehead atoms. The van der Waals surface area contributed by atoms with Gasteiger partial charge in [0.15, 0.2) is 0 Å². The number of nitrogens with zero attached hydrogens (tertiary/aromatic N) is 2. The number of hydrogen-bond acceptors (Lipinski definition) is 5. The van der Waals surface area contributed by atoms with Crippen LogP contribution in [0.1, 0.15) is 26.0 Å². The molecule has 9 nitrogen and oxygen atoms in total. The van der Waals surface area contributed by atoms with E-state index in [2.05, 4.69) is 35.9 Å². The van der Waals surface area contributed by atoms with E-state index < -0.39 is 11.9 Å². The molecule has 1 aliphatic heterocycles. The Morgan fingerprint density at radius 1 is 1.21 bits per heavy atom. The molecular weight excluding hydrogens is 378 g/mol. The lowest BCUT2D eigenvalue weighted by atomic mass is 10.0. The summed E-state index contributed by atoms with van der Waals surface area (Å²) in [6.07, 6.45) is 4.38. The number of hydrogen-bond donors (Lipinski definition) is 3. The van der Waals surface area contributed by atoms with Gasteiger partial charge in [0.2, 0.25) is 0 Å². The quantitative estimate of drug-likeness (QED) is 0.397. The third kappa shape index (κ3) is 6.28. The van der Waals surface area contributed by atoms with E-state index in [1.807, 2.05) is 0 Å². The smallest absolute Gasteiger partial charge is 0.328 e. The number of aromatic amines is 1. The third-order valence-electron chi connectivity index (χ3n) is 4.50. The van der Waals surface area contributed by atoms with Gasteiger partial charge in [-0.3, -0.25) is 15.0 Å². The summed E-state index contributed by atoms with van der Waals surface area (Å²) < 4.78 is 0. The van der Waals surface area contributed by atoms with Crippen LogP contribution in [0, 0.1) is 10.1 Å². The average Bonchev–Trinajstić information content (AvgIpc) is 3.10. The summed E-state index contributed by atoms with van der Waals surface area (Å²) in [5, 5.41) is 27.5. The molecule has 0 radical (unpaired) electrons. The van der Waals surface area contributed by atoms with E-state index in [-0.39, 0.29) is 10.6 Å². The predicted molar refractivity (Wildman–Crippen MR) is 109 cm³/mol. The highest BCUT2D eigenvalue weighted by Gasteiger charge is 2.17. The highest BCUT2D eigenvalue weighted by molar-refractivity contribution is 5.89. The van der Waals surface area contributed by atoms with Crippen LogP contribution in [0.4, 0.5) is 5.69 Å². The molecule has 0 aliphatic carbocycles. The van der Waals surface area contributed by atoms with E-state index in [9.17, 15) is 19.7 Å². The number of carboxylic acids is 2. The molecule has 9 heteroatoms. The molecule has 0 unspecified atom stereocenters. The van der Waals surface area contributed by atoms with Crippen LogP contribution in [0.25, 0.3) is 16.5 Å². The molecule has 2 aromatic rings. The number of fused-ring (bicyclic) bond motifs is 1. The van der Waals surface area contributed by atoms with Gasteiger partial charge in [0.05, 0.1) is 10.4 Å². The SMILES string of the molecule is CC(C)N1CC=C(c2cc3ccc([N+](=O)[O-])cc3[nH]2)CC1.O=C(O)C=CC(=O)O. The molecule has 29 heavy (non-hydrogen) atoms. The van der Waals surface area contributed by atoms with Crippen LogP contribution < -0.4 is 0 Å². The van der Waals surface area contributed by atoms with Crippen molar-refractivity contribution >= 4 is 34.1 Å². The first-order valence-corrected chi connectivity index (χ1v) is 9.02.